The van der Waals surface area contributed by atoms with Gasteiger partial charge in [-0.15, -0.1) is 0 Å². The molecule has 0 aliphatic heterocycles. The maximum atomic E-state index is 8.30. The van der Waals surface area contributed by atoms with Crippen LogP contribution in [0.5, 0.6) is 0 Å². The Labute approximate surface area is 110 Å². The largest absolute Gasteiger partial charge is 2.00 e. The molecule has 0 rings (SSSR count). The summed E-state index contributed by atoms with van der Waals surface area (Å²) < 4.78 is 8.30. The predicted octanol–water partition coefficient (Wildman–Crippen LogP) is -1.46. The van der Waals surface area contributed by atoms with E-state index in [2.05, 4.69) is 0 Å². The first-order valence-corrected chi connectivity index (χ1v) is 1.08. The van der Waals surface area contributed by atoms with E-state index in [0.29, 0.717) is 21.0 Å². The standard InChI is InChI=1S/Al.Nb.O.Sr.Ta.5H/q;;;+2;;;;;2*-1. The van der Waals surface area contributed by atoms with Crippen molar-refractivity contribution >= 4 is 62.8 Å². The average molecular weight is 409 g/mol. The first-order chi connectivity index (χ1) is 1.00. The molecule has 0 atom stereocenters. The van der Waals surface area contributed by atoms with Gasteiger partial charge in [-0.2, -0.15) is 0 Å². The van der Waals surface area contributed by atoms with Gasteiger partial charge in [-0.3, -0.25) is 0 Å². The van der Waals surface area contributed by atoms with Crippen LogP contribution in [0.3, 0.4) is 0 Å². The molecule has 0 saturated carbocycles. The van der Waals surface area contributed by atoms with E-state index < -0.39 is 0 Å². The minimum Gasteiger partial charge on any atom is 0 e. The molecule has 1 radical (unpaired) electrons. The van der Waals surface area contributed by atoms with E-state index in [4.69, 9.17) is 3.25 Å². The first kappa shape index (κ1) is 23.9. The summed E-state index contributed by atoms with van der Waals surface area (Å²) in [6, 6.07) is 0. The zero-order valence-electron chi connectivity index (χ0n) is 4.01. The molecule has 0 aliphatic carbocycles. The molecule has 0 aliphatic rings. The van der Waals surface area contributed by atoms with E-state index in [-0.39, 0.29) is 88.1 Å². The zero-order valence-corrected chi connectivity index (χ0v) is 10.9. The summed E-state index contributed by atoms with van der Waals surface area (Å²) in [5, 5.41) is 0. The number of hydrogen-bond acceptors (Lipinski definition) is 1. The van der Waals surface area contributed by atoms with Gasteiger partial charge in [0.05, 0.1) is 0 Å². The van der Waals surface area contributed by atoms with Crippen LogP contribution < -0.4 is 0 Å². The van der Waals surface area contributed by atoms with Crippen LogP contribution in [-0.4, -0.2) is 62.8 Å². The Hall–Kier alpha value is 3.29. The summed E-state index contributed by atoms with van der Waals surface area (Å²) in [5.74, 6) is 0. The Balaban J connectivity index is -0.000000000500. The van der Waals surface area contributed by atoms with Crippen molar-refractivity contribution in [1.29, 1.82) is 0 Å². The van der Waals surface area contributed by atoms with Crippen LogP contribution in [0.4, 0.5) is 0 Å². The Morgan fingerprint density at radius 3 is 1.40 bits per heavy atom. The molecule has 0 fully saturated rings. The molecular formula is H5AlNbOSrTa. The summed E-state index contributed by atoms with van der Waals surface area (Å²) in [5.41, 5.74) is 0. The van der Waals surface area contributed by atoms with Crippen molar-refractivity contribution < 1.29 is 49.5 Å². The van der Waals surface area contributed by atoms with Crippen LogP contribution in [0.25, 0.3) is 0 Å². The monoisotopic (exact) mass is 410 g/mol. The summed E-state index contributed by atoms with van der Waals surface area (Å²) in [6.07, 6.45) is 0. The van der Waals surface area contributed by atoms with Gasteiger partial charge in [0, 0.05) is 22.4 Å². The number of hydrogen-bond donors (Lipinski definition) is 0. The molecule has 1 nitrogen and oxygen atoms in total. The van der Waals surface area contributed by atoms with E-state index in [9.17, 15) is 0 Å². The van der Waals surface area contributed by atoms with Crippen molar-refractivity contribution in [3.05, 3.63) is 0 Å². The Bertz CT molecular complexity index is 17.7. The van der Waals surface area contributed by atoms with Crippen molar-refractivity contribution in [2.45, 2.75) is 0 Å². The molecule has 5 heteroatoms. The molecule has 0 bridgehead atoms. The molecule has 0 aromatic carbocycles. The van der Waals surface area contributed by atoms with E-state index in [1.54, 1.807) is 0 Å². The molecule has 0 saturated heterocycles. The molecule has 0 heterocycles. The molecule has 0 unspecified atom stereocenters. The van der Waals surface area contributed by atoms with Crippen molar-refractivity contribution in [2.24, 2.45) is 0 Å². The molecule has 0 aromatic rings. The first-order valence-electron chi connectivity index (χ1n) is 0.183. The number of rotatable bonds is 0. The van der Waals surface area contributed by atoms with E-state index in [1.807, 2.05) is 0 Å². The third-order valence-electron chi connectivity index (χ3n) is 0. The van der Waals surface area contributed by atoms with Crippen LogP contribution in [0, 0.1) is 0 Å². The minimum atomic E-state index is 0. The van der Waals surface area contributed by atoms with Gasteiger partial charge in [-0.25, -0.2) is 0 Å². The SMILES string of the molecule is [AlH3].[H-].[H-].[O]=[Nb].[Sr+2].[Ta]. The fourth-order valence-electron chi connectivity index (χ4n) is 0. The second-order valence-electron chi connectivity index (χ2n) is 0. The summed E-state index contributed by atoms with van der Waals surface area (Å²) in [7, 11) is 0. The van der Waals surface area contributed by atoms with Gasteiger partial charge in [-0.1, -0.05) is 0 Å². The summed E-state index contributed by atoms with van der Waals surface area (Å²) >= 11 is 0.500. The Morgan fingerprint density at radius 1 is 1.40 bits per heavy atom. The summed E-state index contributed by atoms with van der Waals surface area (Å²) in [6.45, 7) is 0. The van der Waals surface area contributed by atoms with Crippen LogP contribution in [-0.2, 0) is 46.7 Å². The van der Waals surface area contributed by atoms with Gasteiger partial charge < -0.3 is 2.85 Å². The third kappa shape index (κ3) is 18.8. The van der Waals surface area contributed by atoms with E-state index in [1.165, 1.54) is 0 Å². The molecule has 26 valence electrons. The normalized spacial score (nSPS) is 0.600. The third-order valence-corrected chi connectivity index (χ3v) is 0. The van der Waals surface area contributed by atoms with Gasteiger partial charge in [0.2, 0.25) is 0 Å². The Morgan fingerprint density at radius 2 is 1.40 bits per heavy atom. The van der Waals surface area contributed by atoms with Crippen LogP contribution in [0.15, 0.2) is 0 Å². The van der Waals surface area contributed by atoms with Crippen LogP contribution >= 0.6 is 0 Å². The van der Waals surface area contributed by atoms with Gasteiger partial charge in [0.15, 0.2) is 17.4 Å². The van der Waals surface area contributed by atoms with Gasteiger partial charge in [-0.05, 0) is 0 Å². The second kappa shape index (κ2) is 26.6. The minimum absolute atomic E-state index is 0. The quantitative estimate of drug-likeness (QED) is 0.447. The maximum Gasteiger partial charge on any atom is 2.00 e. The Kier molecular flexibility index (Phi) is 127. The fourth-order valence-corrected chi connectivity index (χ4v) is 0. The maximum absolute atomic E-state index is 8.30. The van der Waals surface area contributed by atoms with E-state index >= 15 is 0 Å². The van der Waals surface area contributed by atoms with Crippen molar-refractivity contribution in [1.82, 2.24) is 0 Å². The zero-order chi connectivity index (χ0) is 2.00. The van der Waals surface area contributed by atoms with Crippen molar-refractivity contribution in [2.75, 3.05) is 0 Å². The van der Waals surface area contributed by atoms with Crippen LogP contribution in [0.2, 0.25) is 0 Å². The van der Waals surface area contributed by atoms with Crippen molar-refractivity contribution in [3.8, 4) is 0 Å². The topological polar surface area (TPSA) is 17.1 Å². The van der Waals surface area contributed by atoms with Gasteiger partial charge in [0.1, 0.15) is 0 Å². The molecule has 0 aromatic heterocycles. The molecule has 5 heavy (non-hydrogen) atoms. The molecule has 0 spiro atoms. The second-order valence-corrected chi connectivity index (χ2v) is 0. The van der Waals surface area contributed by atoms with E-state index in [0.717, 1.165) is 0 Å². The molecule has 0 N–H and O–H groups in total. The fraction of sp³-hybridized carbons (Fsp3) is 0. The summed E-state index contributed by atoms with van der Waals surface area (Å²) in [4.78, 5) is 0. The van der Waals surface area contributed by atoms with Gasteiger partial charge in [0.25, 0.3) is 0 Å². The molecular weight excluding hydrogens is 404 g/mol. The predicted molar refractivity (Wildman–Crippen MR) is 18.6 cm³/mol. The van der Waals surface area contributed by atoms with Gasteiger partial charge >= 0.3 is 69.8 Å². The van der Waals surface area contributed by atoms with Crippen LogP contribution in [0.1, 0.15) is 2.85 Å². The average Bonchev–Trinajstić information content (AvgIpc) is 1.00. The molecule has 0 amide bonds. The smallest absolute Gasteiger partial charge is 0 e. The van der Waals surface area contributed by atoms with Crippen molar-refractivity contribution in [3.63, 3.8) is 0 Å².